The fourth-order valence-electron chi connectivity index (χ4n) is 1.25. The SMILES string of the molecule is COc1ccccc1Sc1nc[nH]c(=O)c1I. The molecule has 0 saturated heterocycles. The van der Waals surface area contributed by atoms with Crippen molar-refractivity contribution in [1.82, 2.24) is 9.97 Å². The maximum Gasteiger partial charge on any atom is 0.265 e. The van der Waals surface area contributed by atoms with Crippen molar-refractivity contribution in [3.05, 3.63) is 44.5 Å². The lowest BCUT2D eigenvalue weighted by Gasteiger charge is -2.07. The molecule has 0 saturated carbocycles. The summed E-state index contributed by atoms with van der Waals surface area (Å²) >= 11 is 3.40. The second-order valence-electron chi connectivity index (χ2n) is 3.10. The molecule has 0 amide bonds. The normalized spacial score (nSPS) is 10.2. The van der Waals surface area contributed by atoms with E-state index in [9.17, 15) is 4.79 Å². The van der Waals surface area contributed by atoms with Crippen LogP contribution in [0.15, 0.2) is 45.3 Å². The number of methoxy groups -OCH3 is 1. The number of rotatable bonds is 3. The van der Waals surface area contributed by atoms with Gasteiger partial charge in [-0.3, -0.25) is 4.79 Å². The first-order valence-corrected chi connectivity index (χ1v) is 6.66. The molecule has 0 spiro atoms. The number of ether oxygens (including phenoxy) is 1. The quantitative estimate of drug-likeness (QED) is 0.675. The molecule has 0 unspecified atom stereocenters. The lowest BCUT2D eigenvalue weighted by Crippen LogP contribution is -2.11. The highest BCUT2D eigenvalue weighted by atomic mass is 127. The van der Waals surface area contributed by atoms with Gasteiger partial charge in [0.2, 0.25) is 0 Å². The Morgan fingerprint density at radius 2 is 2.18 bits per heavy atom. The zero-order valence-electron chi connectivity index (χ0n) is 8.94. The Morgan fingerprint density at radius 1 is 1.41 bits per heavy atom. The summed E-state index contributed by atoms with van der Waals surface area (Å²) in [5.74, 6) is 0.774. The van der Waals surface area contributed by atoms with Crippen LogP contribution in [0.4, 0.5) is 0 Å². The predicted molar refractivity (Wildman–Crippen MR) is 74.7 cm³/mol. The van der Waals surface area contributed by atoms with Crippen LogP contribution in [0.2, 0.25) is 0 Å². The Bertz CT molecular complexity index is 586. The standard InChI is InChI=1S/C11H9IN2O2S/c1-16-7-4-2-3-5-8(7)17-11-9(12)10(15)13-6-14-11/h2-6H,1H3,(H,13,14,15). The van der Waals surface area contributed by atoms with Crippen molar-refractivity contribution < 1.29 is 4.74 Å². The number of hydrogen-bond acceptors (Lipinski definition) is 4. The summed E-state index contributed by atoms with van der Waals surface area (Å²) in [6.07, 6.45) is 1.41. The Labute approximate surface area is 116 Å². The Morgan fingerprint density at radius 3 is 2.94 bits per heavy atom. The molecule has 17 heavy (non-hydrogen) atoms. The first kappa shape index (κ1) is 12.4. The molecule has 0 aliphatic heterocycles. The van der Waals surface area contributed by atoms with Crippen LogP contribution in [-0.4, -0.2) is 17.1 Å². The van der Waals surface area contributed by atoms with Crippen molar-refractivity contribution in [2.24, 2.45) is 0 Å². The zero-order chi connectivity index (χ0) is 12.3. The van der Waals surface area contributed by atoms with Gasteiger partial charge in [-0.2, -0.15) is 0 Å². The van der Waals surface area contributed by atoms with Crippen LogP contribution < -0.4 is 10.3 Å². The molecule has 4 nitrogen and oxygen atoms in total. The number of aromatic amines is 1. The molecule has 1 aromatic heterocycles. The number of nitrogens with one attached hydrogen (secondary N) is 1. The fraction of sp³-hybridized carbons (Fsp3) is 0.0909. The van der Waals surface area contributed by atoms with Gasteiger partial charge >= 0.3 is 0 Å². The van der Waals surface area contributed by atoms with Gasteiger partial charge in [-0.1, -0.05) is 23.9 Å². The van der Waals surface area contributed by atoms with Crippen molar-refractivity contribution in [3.8, 4) is 5.75 Å². The molecule has 1 N–H and O–H groups in total. The summed E-state index contributed by atoms with van der Waals surface area (Å²) in [5, 5.41) is 0.679. The van der Waals surface area contributed by atoms with E-state index in [4.69, 9.17) is 4.74 Å². The van der Waals surface area contributed by atoms with Gasteiger partial charge in [0.1, 0.15) is 14.3 Å². The molecule has 0 bridgehead atoms. The topological polar surface area (TPSA) is 55.0 Å². The second kappa shape index (κ2) is 5.54. The van der Waals surface area contributed by atoms with Gasteiger partial charge in [0.25, 0.3) is 5.56 Å². The minimum absolute atomic E-state index is 0.127. The summed E-state index contributed by atoms with van der Waals surface area (Å²) in [4.78, 5) is 19.1. The molecular formula is C11H9IN2O2S. The molecular weight excluding hydrogens is 351 g/mol. The van der Waals surface area contributed by atoms with E-state index in [2.05, 4.69) is 9.97 Å². The second-order valence-corrected chi connectivity index (χ2v) is 5.21. The van der Waals surface area contributed by atoms with Gasteiger partial charge in [0, 0.05) is 0 Å². The van der Waals surface area contributed by atoms with Gasteiger partial charge in [0.05, 0.1) is 18.3 Å². The third-order valence-corrected chi connectivity index (χ3v) is 4.47. The number of aromatic nitrogens is 2. The number of nitrogens with zero attached hydrogens (tertiary/aromatic N) is 1. The molecule has 2 rings (SSSR count). The Kier molecular flexibility index (Phi) is 4.06. The smallest absolute Gasteiger partial charge is 0.265 e. The van der Waals surface area contributed by atoms with Crippen molar-refractivity contribution in [2.75, 3.05) is 7.11 Å². The van der Waals surface area contributed by atoms with E-state index in [0.717, 1.165) is 10.6 Å². The molecule has 1 aromatic carbocycles. The molecule has 0 fully saturated rings. The third-order valence-electron chi connectivity index (χ3n) is 2.04. The van der Waals surface area contributed by atoms with E-state index in [1.165, 1.54) is 18.1 Å². The molecule has 6 heteroatoms. The summed E-state index contributed by atoms with van der Waals surface area (Å²) < 4.78 is 5.83. The molecule has 0 atom stereocenters. The maximum absolute atomic E-state index is 11.4. The Hall–Kier alpha value is -1.02. The van der Waals surface area contributed by atoms with Gasteiger partial charge < -0.3 is 9.72 Å². The summed E-state index contributed by atoms with van der Waals surface area (Å²) in [5.41, 5.74) is -0.127. The van der Waals surface area contributed by atoms with E-state index in [1.807, 2.05) is 46.9 Å². The highest BCUT2D eigenvalue weighted by Gasteiger charge is 2.10. The molecule has 2 aromatic rings. The summed E-state index contributed by atoms with van der Waals surface area (Å²) in [6.45, 7) is 0. The van der Waals surface area contributed by atoms with Gasteiger partial charge in [-0.05, 0) is 34.7 Å². The van der Waals surface area contributed by atoms with Crippen LogP contribution in [0.25, 0.3) is 0 Å². The first-order valence-electron chi connectivity index (χ1n) is 4.76. The monoisotopic (exact) mass is 360 g/mol. The van der Waals surface area contributed by atoms with Crippen LogP contribution in [0.1, 0.15) is 0 Å². The van der Waals surface area contributed by atoms with E-state index < -0.39 is 0 Å². The van der Waals surface area contributed by atoms with E-state index in [-0.39, 0.29) is 5.56 Å². The lowest BCUT2D eigenvalue weighted by molar-refractivity contribution is 0.405. The molecule has 1 heterocycles. The van der Waals surface area contributed by atoms with Crippen LogP contribution in [0.5, 0.6) is 5.75 Å². The predicted octanol–water partition coefficient (Wildman–Crippen LogP) is 2.53. The number of benzene rings is 1. The fourth-order valence-corrected chi connectivity index (χ4v) is 2.76. The number of para-hydroxylation sites is 1. The maximum atomic E-state index is 11.4. The highest BCUT2D eigenvalue weighted by molar-refractivity contribution is 14.1. The highest BCUT2D eigenvalue weighted by Crippen LogP contribution is 2.34. The van der Waals surface area contributed by atoms with Crippen LogP contribution >= 0.6 is 34.4 Å². The third kappa shape index (κ3) is 2.81. The molecule has 0 aliphatic rings. The molecule has 0 radical (unpaired) electrons. The Balaban J connectivity index is 2.38. The van der Waals surface area contributed by atoms with Crippen LogP contribution in [0, 0.1) is 3.57 Å². The number of H-pyrrole nitrogens is 1. The van der Waals surface area contributed by atoms with Crippen LogP contribution in [-0.2, 0) is 0 Å². The lowest BCUT2D eigenvalue weighted by atomic mass is 10.3. The number of hydrogen-bond donors (Lipinski definition) is 1. The number of halogens is 1. The largest absolute Gasteiger partial charge is 0.496 e. The van der Waals surface area contributed by atoms with E-state index >= 15 is 0 Å². The van der Waals surface area contributed by atoms with E-state index in [1.54, 1.807) is 7.11 Å². The molecule has 88 valence electrons. The minimum atomic E-state index is -0.127. The zero-order valence-corrected chi connectivity index (χ0v) is 11.9. The van der Waals surface area contributed by atoms with Crippen molar-refractivity contribution in [2.45, 2.75) is 9.92 Å². The summed E-state index contributed by atoms with van der Waals surface area (Å²) in [6, 6.07) is 7.63. The van der Waals surface area contributed by atoms with Gasteiger partial charge in [-0.25, -0.2) is 4.98 Å². The average molecular weight is 360 g/mol. The summed E-state index contributed by atoms with van der Waals surface area (Å²) in [7, 11) is 1.62. The van der Waals surface area contributed by atoms with Crippen molar-refractivity contribution in [3.63, 3.8) is 0 Å². The van der Waals surface area contributed by atoms with E-state index in [0.29, 0.717) is 8.60 Å². The minimum Gasteiger partial charge on any atom is -0.496 e. The average Bonchev–Trinajstić information content (AvgIpc) is 2.35. The van der Waals surface area contributed by atoms with Gasteiger partial charge in [-0.15, -0.1) is 0 Å². The first-order chi connectivity index (χ1) is 8.22. The van der Waals surface area contributed by atoms with Crippen molar-refractivity contribution >= 4 is 34.4 Å². The van der Waals surface area contributed by atoms with Crippen LogP contribution in [0.3, 0.4) is 0 Å². The molecule has 0 aliphatic carbocycles. The van der Waals surface area contributed by atoms with Gasteiger partial charge in [0.15, 0.2) is 0 Å². The van der Waals surface area contributed by atoms with Crippen molar-refractivity contribution in [1.29, 1.82) is 0 Å².